The van der Waals surface area contributed by atoms with Gasteiger partial charge in [0, 0.05) is 11.4 Å². The van der Waals surface area contributed by atoms with Crippen LogP contribution in [-0.4, -0.2) is 42.2 Å². The molecule has 0 spiro atoms. The van der Waals surface area contributed by atoms with Crippen LogP contribution < -0.4 is 5.32 Å². The molecule has 1 aromatic rings. The first kappa shape index (κ1) is 15.5. The first-order chi connectivity index (χ1) is 9.65. The van der Waals surface area contributed by atoms with E-state index in [-0.39, 0.29) is 12.0 Å². The van der Waals surface area contributed by atoms with Crippen molar-refractivity contribution in [3.8, 4) is 0 Å². The van der Waals surface area contributed by atoms with Crippen molar-refractivity contribution >= 4 is 17.2 Å². The second kappa shape index (κ2) is 7.76. The Bertz CT molecular complexity index is 408. The van der Waals surface area contributed by atoms with E-state index in [1.807, 2.05) is 29.5 Å². The third kappa shape index (κ3) is 4.89. The van der Waals surface area contributed by atoms with Crippen LogP contribution in [0.25, 0.3) is 0 Å². The molecule has 2 atom stereocenters. The van der Waals surface area contributed by atoms with Gasteiger partial charge in [0.25, 0.3) is 0 Å². The minimum absolute atomic E-state index is 0.0474. The van der Waals surface area contributed by atoms with Gasteiger partial charge in [-0.3, -0.25) is 9.69 Å². The molecular weight excluding hydrogens is 272 g/mol. The highest BCUT2D eigenvalue weighted by Gasteiger charge is 2.24. The van der Waals surface area contributed by atoms with Gasteiger partial charge in [-0.1, -0.05) is 18.9 Å². The Morgan fingerprint density at radius 1 is 1.50 bits per heavy atom. The van der Waals surface area contributed by atoms with Gasteiger partial charge in [-0.05, 0) is 37.3 Å². The van der Waals surface area contributed by atoms with Crippen LogP contribution in [0.2, 0.25) is 0 Å². The zero-order chi connectivity index (χ0) is 14.4. The average Bonchev–Trinajstić information content (AvgIpc) is 2.92. The zero-order valence-electron chi connectivity index (χ0n) is 12.0. The fourth-order valence-corrected chi connectivity index (χ4v) is 3.41. The van der Waals surface area contributed by atoms with E-state index < -0.39 is 0 Å². The minimum Gasteiger partial charge on any atom is -0.393 e. The summed E-state index contributed by atoms with van der Waals surface area (Å²) in [5.74, 6) is 0.366. The molecule has 1 amide bonds. The molecule has 1 saturated carbocycles. The Morgan fingerprint density at radius 3 is 3.00 bits per heavy atom. The molecule has 2 rings (SSSR count). The number of nitrogens with zero attached hydrogens (tertiary/aromatic N) is 1. The Kier molecular flexibility index (Phi) is 6.01. The summed E-state index contributed by atoms with van der Waals surface area (Å²) in [6.07, 6.45) is 4.11. The average molecular weight is 296 g/mol. The topological polar surface area (TPSA) is 52.6 Å². The SMILES string of the molecule is CN(CC(=O)NCc1cccs1)CC1CCCCC1O. The summed E-state index contributed by atoms with van der Waals surface area (Å²) in [5.41, 5.74) is 0. The van der Waals surface area contributed by atoms with E-state index in [1.54, 1.807) is 11.3 Å². The molecule has 5 heteroatoms. The molecule has 0 radical (unpaired) electrons. The van der Waals surface area contributed by atoms with E-state index in [0.29, 0.717) is 19.0 Å². The summed E-state index contributed by atoms with van der Waals surface area (Å²) in [6.45, 7) is 1.80. The largest absolute Gasteiger partial charge is 0.393 e. The second-order valence-electron chi connectivity index (χ2n) is 5.66. The molecule has 1 aliphatic carbocycles. The summed E-state index contributed by atoms with van der Waals surface area (Å²) in [7, 11) is 1.95. The van der Waals surface area contributed by atoms with Crippen LogP contribution >= 0.6 is 11.3 Å². The van der Waals surface area contributed by atoms with Gasteiger partial charge in [0.05, 0.1) is 19.2 Å². The van der Waals surface area contributed by atoms with Crippen LogP contribution in [0.3, 0.4) is 0 Å². The number of rotatable bonds is 6. The van der Waals surface area contributed by atoms with Crippen molar-refractivity contribution in [3.63, 3.8) is 0 Å². The summed E-state index contributed by atoms with van der Waals surface area (Å²) in [6, 6.07) is 4.01. The molecule has 2 unspecified atom stereocenters. The highest BCUT2D eigenvalue weighted by atomic mass is 32.1. The molecule has 0 aliphatic heterocycles. The standard InChI is InChI=1S/C15H24N2O2S/c1-17(10-12-5-2-3-7-14(12)18)11-15(19)16-9-13-6-4-8-20-13/h4,6,8,12,14,18H,2-3,5,7,9-11H2,1H3,(H,16,19). The molecule has 1 aromatic heterocycles. The zero-order valence-corrected chi connectivity index (χ0v) is 12.9. The summed E-state index contributed by atoms with van der Waals surface area (Å²) >= 11 is 1.65. The number of hydrogen-bond donors (Lipinski definition) is 2. The smallest absolute Gasteiger partial charge is 0.234 e. The number of likely N-dealkylation sites (N-methyl/N-ethyl adjacent to an activating group) is 1. The molecule has 20 heavy (non-hydrogen) atoms. The van der Waals surface area contributed by atoms with Gasteiger partial charge in [-0.15, -0.1) is 11.3 Å². The third-order valence-electron chi connectivity index (χ3n) is 3.87. The van der Waals surface area contributed by atoms with Gasteiger partial charge in [0.2, 0.25) is 5.91 Å². The fourth-order valence-electron chi connectivity index (χ4n) is 2.77. The minimum atomic E-state index is -0.194. The number of aliphatic hydroxyl groups is 1. The molecule has 0 saturated heterocycles. The van der Waals surface area contributed by atoms with Crippen molar-refractivity contribution in [3.05, 3.63) is 22.4 Å². The van der Waals surface area contributed by atoms with Gasteiger partial charge in [0.1, 0.15) is 0 Å². The first-order valence-corrected chi connectivity index (χ1v) is 8.19. The second-order valence-corrected chi connectivity index (χ2v) is 6.70. The predicted molar refractivity (Wildman–Crippen MR) is 81.6 cm³/mol. The van der Waals surface area contributed by atoms with E-state index in [0.717, 1.165) is 25.8 Å². The normalized spacial score (nSPS) is 22.9. The van der Waals surface area contributed by atoms with Gasteiger partial charge < -0.3 is 10.4 Å². The molecule has 1 heterocycles. The summed E-state index contributed by atoms with van der Waals surface area (Å²) < 4.78 is 0. The molecular formula is C15H24N2O2S. The van der Waals surface area contributed by atoms with E-state index >= 15 is 0 Å². The lowest BCUT2D eigenvalue weighted by atomic mass is 9.86. The highest BCUT2D eigenvalue weighted by molar-refractivity contribution is 7.09. The van der Waals surface area contributed by atoms with E-state index in [9.17, 15) is 9.90 Å². The highest BCUT2D eigenvalue weighted by Crippen LogP contribution is 2.24. The lowest BCUT2D eigenvalue weighted by Crippen LogP contribution is -2.40. The Hall–Kier alpha value is -0.910. The molecule has 2 N–H and O–H groups in total. The number of amides is 1. The van der Waals surface area contributed by atoms with Crippen LogP contribution in [-0.2, 0) is 11.3 Å². The molecule has 1 aliphatic rings. The van der Waals surface area contributed by atoms with Gasteiger partial charge in [-0.25, -0.2) is 0 Å². The maximum atomic E-state index is 11.9. The lowest BCUT2D eigenvalue weighted by Gasteiger charge is -2.30. The quantitative estimate of drug-likeness (QED) is 0.842. The summed E-state index contributed by atoms with van der Waals surface area (Å²) in [5, 5.41) is 14.9. The fraction of sp³-hybridized carbons (Fsp3) is 0.667. The maximum Gasteiger partial charge on any atom is 0.234 e. The van der Waals surface area contributed by atoms with Crippen LogP contribution in [0.15, 0.2) is 17.5 Å². The predicted octanol–water partition coefficient (Wildman–Crippen LogP) is 1.85. The van der Waals surface area contributed by atoms with Crippen molar-refractivity contribution < 1.29 is 9.90 Å². The number of hydrogen-bond acceptors (Lipinski definition) is 4. The molecule has 0 bridgehead atoms. The Morgan fingerprint density at radius 2 is 2.30 bits per heavy atom. The number of carbonyl (C=O) groups excluding carboxylic acids is 1. The number of nitrogens with one attached hydrogen (secondary N) is 1. The lowest BCUT2D eigenvalue weighted by molar-refractivity contribution is -0.122. The Labute approximate surface area is 124 Å². The number of thiophene rings is 1. The first-order valence-electron chi connectivity index (χ1n) is 7.31. The van der Waals surface area contributed by atoms with Crippen molar-refractivity contribution in [2.75, 3.05) is 20.1 Å². The van der Waals surface area contributed by atoms with Crippen LogP contribution in [0.4, 0.5) is 0 Å². The van der Waals surface area contributed by atoms with Gasteiger partial charge in [0.15, 0.2) is 0 Å². The summed E-state index contributed by atoms with van der Waals surface area (Å²) in [4.78, 5) is 15.0. The van der Waals surface area contributed by atoms with E-state index in [4.69, 9.17) is 0 Å². The Balaban J connectivity index is 1.67. The molecule has 0 aromatic carbocycles. The maximum absolute atomic E-state index is 11.9. The van der Waals surface area contributed by atoms with Crippen molar-refractivity contribution in [1.29, 1.82) is 0 Å². The third-order valence-corrected chi connectivity index (χ3v) is 4.74. The van der Waals surface area contributed by atoms with Crippen molar-refractivity contribution in [2.24, 2.45) is 5.92 Å². The number of carbonyl (C=O) groups is 1. The van der Waals surface area contributed by atoms with Gasteiger partial charge in [-0.2, -0.15) is 0 Å². The van der Waals surface area contributed by atoms with Crippen molar-refractivity contribution in [1.82, 2.24) is 10.2 Å². The monoisotopic (exact) mass is 296 g/mol. The van der Waals surface area contributed by atoms with Crippen LogP contribution in [0.1, 0.15) is 30.6 Å². The molecule has 4 nitrogen and oxygen atoms in total. The van der Waals surface area contributed by atoms with E-state index in [1.165, 1.54) is 11.3 Å². The van der Waals surface area contributed by atoms with Crippen molar-refractivity contribution in [2.45, 2.75) is 38.3 Å². The van der Waals surface area contributed by atoms with E-state index in [2.05, 4.69) is 5.32 Å². The molecule has 1 fully saturated rings. The molecule has 112 valence electrons. The van der Waals surface area contributed by atoms with Crippen LogP contribution in [0, 0.1) is 5.92 Å². The van der Waals surface area contributed by atoms with Gasteiger partial charge >= 0.3 is 0 Å². The van der Waals surface area contributed by atoms with Crippen LogP contribution in [0.5, 0.6) is 0 Å². The number of aliphatic hydroxyl groups excluding tert-OH is 1.